The highest BCUT2D eigenvalue weighted by Crippen LogP contribution is 2.23. The zero-order chi connectivity index (χ0) is 34.4. The van der Waals surface area contributed by atoms with Gasteiger partial charge in [-0.3, -0.25) is 13.7 Å². The second-order valence-electron chi connectivity index (χ2n) is 12.4. The van der Waals surface area contributed by atoms with E-state index in [2.05, 4.69) is 21.8 Å². The Hall–Kier alpha value is -2.79. The number of benzene rings is 2. The Bertz CT molecular complexity index is 1710. The summed E-state index contributed by atoms with van der Waals surface area (Å²) in [6, 6.07) is 14.6. The summed E-state index contributed by atoms with van der Waals surface area (Å²) in [5, 5.41) is 0. The van der Waals surface area contributed by atoms with Gasteiger partial charge in [0.25, 0.3) is 0 Å². The first-order valence-corrected chi connectivity index (χ1v) is 17.1. The predicted molar refractivity (Wildman–Crippen MR) is 180 cm³/mol. The number of piperidine rings is 2. The van der Waals surface area contributed by atoms with Crippen LogP contribution in [0.3, 0.4) is 0 Å². The molecule has 4 aromatic rings. The van der Waals surface area contributed by atoms with Gasteiger partial charge in [-0.2, -0.15) is 26.3 Å². The third kappa shape index (κ3) is 10.6. The summed E-state index contributed by atoms with van der Waals surface area (Å²) >= 11 is 1.27. The normalized spacial score (nSPS) is 19.7. The number of halogens is 7. The Labute approximate surface area is 282 Å². The summed E-state index contributed by atoms with van der Waals surface area (Å²) in [7, 11) is 4.19. The van der Waals surface area contributed by atoms with Crippen molar-refractivity contribution in [2.45, 2.75) is 57.7 Å². The highest BCUT2D eigenvalue weighted by atomic mass is 127. The van der Waals surface area contributed by atoms with Gasteiger partial charge in [0.15, 0.2) is 0 Å². The van der Waals surface area contributed by atoms with Crippen LogP contribution < -0.4 is 11.4 Å². The molecule has 4 heterocycles. The van der Waals surface area contributed by atoms with Crippen molar-refractivity contribution in [2.75, 3.05) is 44.7 Å². The molecule has 0 spiro atoms. The lowest BCUT2D eigenvalue weighted by molar-refractivity contribution is -0.140. The minimum Gasteiger partial charge on any atom is -0.306 e. The average Bonchev–Trinajstić information content (AvgIpc) is 3.45. The molecule has 0 bridgehead atoms. The Balaban J connectivity index is 0.000000185. The monoisotopic (exact) mass is 782 g/mol. The molecule has 2 aromatic heterocycles. The van der Waals surface area contributed by atoms with Crippen molar-refractivity contribution in [1.82, 2.24) is 28.5 Å². The van der Waals surface area contributed by atoms with Crippen LogP contribution in [0.5, 0.6) is 0 Å². The molecule has 6 rings (SSSR count). The largest absolute Gasteiger partial charge is 0.406 e. The van der Waals surface area contributed by atoms with Crippen molar-refractivity contribution in [1.29, 1.82) is 0 Å². The maximum Gasteiger partial charge on any atom is 0.406 e. The fourth-order valence-electron chi connectivity index (χ4n) is 6.43. The van der Waals surface area contributed by atoms with Crippen LogP contribution in [0.25, 0.3) is 22.1 Å². The lowest BCUT2D eigenvalue weighted by Gasteiger charge is -2.29. The van der Waals surface area contributed by atoms with Crippen LogP contribution in [0.2, 0.25) is 0 Å². The summed E-state index contributed by atoms with van der Waals surface area (Å²) in [5.41, 5.74) is 2.33. The Morgan fingerprint density at radius 1 is 0.723 bits per heavy atom. The molecule has 15 heteroatoms. The fourth-order valence-corrected chi connectivity index (χ4v) is 6.43. The topological polar surface area (TPSA) is 71.2 Å². The number of likely N-dealkylation sites (tertiary alicyclic amines) is 2. The number of hydrogen-bond acceptors (Lipinski definition) is 4. The molecule has 2 saturated heterocycles. The molecule has 0 radical (unpaired) electrons. The molecular weight excluding hydrogens is 741 g/mol. The molecule has 0 saturated carbocycles. The first-order valence-electron chi connectivity index (χ1n) is 15.6. The van der Waals surface area contributed by atoms with Gasteiger partial charge in [-0.05, 0) is 89.0 Å². The second-order valence-corrected chi connectivity index (χ2v) is 13.2. The number of rotatable bonds is 5. The quantitative estimate of drug-likeness (QED) is 0.146. The number of hydrogen-bond donors (Lipinski definition) is 1. The lowest BCUT2D eigenvalue weighted by atomic mass is 9.98. The molecule has 2 aliphatic rings. The molecular formula is C32H41F6IN6O2. The van der Waals surface area contributed by atoms with Crippen LogP contribution in [0, 0.1) is 11.8 Å². The van der Waals surface area contributed by atoms with Crippen LogP contribution in [0.1, 0.15) is 25.7 Å². The van der Waals surface area contributed by atoms with Crippen LogP contribution in [0.15, 0.2) is 58.1 Å². The Morgan fingerprint density at radius 2 is 1.19 bits per heavy atom. The van der Waals surface area contributed by atoms with Crippen molar-refractivity contribution in [3.05, 3.63) is 69.5 Å². The van der Waals surface area contributed by atoms with Crippen molar-refractivity contribution in [3.63, 3.8) is 0 Å². The van der Waals surface area contributed by atoms with E-state index in [0.717, 1.165) is 54.6 Å². The van der Waals surface area contributed by atoms with Gasteiger partial charge < -0.3 is 14.8 Å². The van der Waals surface area contributed by atoms with Crippen LogP contribution in [0.4, 0.5) is 26.3 Å². The molecule has 2 unspecified atom stereocenters. The maximum absolute atomic E-state index is 12.8. The predicted octanol–water partition coefficient (Wildman–Crippen LogP) is 6.36. The van der Waals surface area contributed by atoms with Crippen molar-refractivity contribution >= 4 is 44.7 Å². The molecule has 260 valence electrons. The summed E-state index contributed by atoms with van der Waals surface area (Å²) in [6.45, 7) is 4.21. The number of aromatic nitrogens is 4. The second kappa shape index (κ2) is 16.1. The summed E-state index contributed by atoms with van der Waals surface area (Å²) in [6.07, 6.45) is -3.88. The SMILES string of the molecule is CN1CCCC(Cn2c(=O)[nH]c3ccccc32)C1.CN1CCCC(Cn2c(=O)n(CC(F)(F)F)c3ccccc32)C1.FC(F)(F)CI. The Kier molecular flexibility index (Phi) is 12.7. The molecule has 0 aliphatic carbocycles. The molecule has 2 aromatic carbocycles. The molecule has 8 nitrogen and oxygen atoms in total. The number of fused-ring (bicyclic) bond motifs is 2. The highest BCUT2D eigenvalue weighted by Gasteiger charge is 2.31. The Morgan fingerprint density at radius 3 is 1.68 bits per heavy atom. The van der Waals surface area contributed by atoms with Crippen LogP contribution >= 0.6 is 22.6 Å². The third-order valence-electron chi connectivity index (χ3n) is 8.42. The van der Waals surface area contributed by atoms with E-state index in [0.29, 0.717) is 23.5 Å². The molecule has 0 amide bonds. The van der Waals surface area contributed by atoms with E-state index in [1.54, 1.807) is 24.3 Å². The summed E-state index contributed by atoms with van der Waals surface area (Å²) in [4.78, 5) is 32.0. The van der Waals surface area contributed by atoms with E-state index in [4.69, 9.17) is 0 Å². The molecule has 2 atom stereocenters. The van der Waals surface area contributed by atoms with Gasteiger partial charge in [-0.25, -0.2) is 9.59 Å². The van der Waals surface area contributed by atoms with Gasteiger partial charge in [0.1, 0.15) is 6.54 Å². The first kappa shape index (κ1) is 37.0. The lowest BCUT2D eigenvalue weighted by Crippen LogP contribution is -2.37. The zero-order valence-corrected chi connectivity index (χ0v) is 28.6. The van der Waals surface area contributed by atoms with E-state index >= 15 is 0 Å². The number of aromatic amines is 1. The third-order valence-corrected chi connectivity index (χ3v) is 9.29. The van der Waals surface area contributed by atoms with Gasteiger partial charge in [-0.15, -0.1) is 0 Å². The molecule has 2 aliphatic heterocycles. The number of H-pyrrole nitrogens is 1. The van der Waals surface area contributed by atoms with E-state index in [9.17, 15) is 35.9 Å². The summed E-state index contributed by atoms with van der Waals surface area (Å²) < 4.78 is 74.2. The number of alkyl halides is 7. The van der Waals surface area contributed by atoms with Crippen LogP contribution in [-0.2, 0) is 19.6 Å². The van der Waals surface area contributed by atoms with E-state index in [1.165, 1.54) is 46.5 Å². The van der Waals surface area contributed by atoms with Gasteiger partial charge in [0.05, 0.1) is 26.5 Å². The first-order chi connectivity index (χ1) is 22.1. The van der Waals surface area contributed by atoms with Crippen molar-refractivity contribution in [3.8, 4) is 0 Å². The van der Waals surface area contributed by atoms with Gasteiger partial charge in [0, 0.05) is 26.2 Å². The smallest absolute Gasteiger partial charge is 0.306 e. The van der Waals surface area contributed by atoms with Gasteiger partial charge in [0.2, 0.25) is 0 Å². The molecule has 47 heavy (non-hydrogen) atoms. The standard InChI is InChI=1S/C16H20F3N3O.C14H19N3O.C2H2F3I/c1-20-8-4-5-12(9-20)10-21-13-6-2-3-7-14(13)22(15(21)23)11-16(17,18)19;1-16-8-4-5-11(9-16)10-17-13-7-3-2-6-12(13)15-14(17)18;3-2(4,5)1-6/h2-3,6-7,12H,4-5,8-11H2,1H3;2-3,6-7,11H,4-5,8-10H2,1H3,(H,15,18);1H2. The minimum absolute atomic E-state index is 0.0180. The zero-order valence-electron chi connectivity index (χ0n) is 26.5. The maximum atomic E-state index is 12.8. The van der Waals surface area contributed by atoms with E-state index < -0.39 is 29.0 Å². The van der Waals surface area contributed by atoms with Crippen molar-refractivity contribution in [2.24, 2.45) is 11.8 Å². The number of para-hydroxylation sites is 4. The van der Waals surface area contributed by atoms with Gasteiger partial charge >= 0.3 is 23.7 Å². The minimum atomic E-state index is -4.41. The average molecular weight is 783 g/mol. The number of nitrogens with zero attached hydrogens (tertiary/aromatic N) is 5. The fraction of sp³-hybridized carbons (Fsp3) is 0.562. The van der Waals surface area contributed by atoms with E-state index in [1.807, 2.05) is 35.9 Å². The molecule has 1 N–H and O–H groups in total. The number of imidazole rings is 2. The van der Waals surface area contributed by atoms with E-state index in [-0.39, 0.29) is 11.6 Å². The van der Waals surface area contributed by atoms with Crippen molar-refractivity contribution < 1.29 is 26.3 Å². The highest BCUT2D eigenvalue weighted by molar-refractivity contribution is 14.1. The van der Waals surface area contributed by atoms with Gasteiger partial charge in [-0.1, -0.05) is 46.9 Å². The molecule has 2 fully saturated rings. The number of nitrogens with one attached hydrogen (secondary N) is 1. The summed E-state index contributed by atoms with van der Waals surface area (Å²) in [5.74, 6) is 0.872. The van der Waals surface area contributed by atoms with Crippen LogP contribution in [-0.4, -0.2) is 85.5 Å².